The normalized spacial score (nSPS) is 28.2. The molecule has 2 rings (SSSR count). The van der Waals surface area contributed by atoms with Crippen molar-refractivity contribution in [3.63, 3.8) is 0 Å². The second-order valence-corrected chi connectivity index (χ2v) is 7.34. The fraction of sp³-hybridized carbons (Fsp3) is 0.867. The molecular weight excluding hydrogens is 256 g/mol. The SMILES string of the molecule is CC1(C)CCCC(NC(=O)NC(C)(C(=O)O)C2CC2)C1. The summed E-state index contributed by atoms with van der Waals surface area (Å²) in [6.07, 6.45) is 5.97. The Morgan fingerprint density at radius 1 is 1.25 bits per heavy atom. The van der Waals surface area contributed by atoms with E-state index >= 15 is 0 Å². The number of carbonyl (C=O) groups is 2. The molecule has 0 bridgehead atoms. The molecular formula is C15H26N2O3. The van der Waals surface area contributed by atoms with Gasteiger partial charge < -0.3 is 15.7 Å². The number of nitrogens with one attached hydrogen (secondary N) is 2. The minimum absolute atomic E-state index is 0.0635. The summed E-state index contributed by atoms with van der Waals surface area (Å²) in [6.45, 7) is 6.03. The van der Waals surface area contributed by atoms with Gasteiger partial charge in [0, 0.05) is 6.04 Å². The van der Waals surface area contributed by atoms with E-state index in [4.69, 9.17) is 0 Å². The maximum absolute atomic E-state index is 12.1. The molecule has 0 aromatic carbocycles. The van der Waals surface area contributed by atoms with E-state index in [1.54, 1.807) is 6.92 Å². The Morgan fingerprint density at radius 2 is 1.90 bits per heavy atom. The van der Waals surface area contributed by atoms with Gasteiger partial charge in [-0.15, -0.1) is 0 Å². The number of rotatable bonds is 4. The molecule has 5 heteroatoms. The standard InChI is InChI=1S/C15H26N2O3/c1-14(2)8-4-5-11(9-14)16-13(20)17-15(3,12(18)19)10-6-7-10/h10-11H,4-9H2,1-3H3,(H,18,19)(H2,16,17,20). The van der Waals surface area contributed by atoms with E-state index in [0.717, 1.165) is 32.1 Å². The van der Waals surface area contributed by atoms with Crippen molar-refractivity contribution >= 4 is 12.0 Å². The second kappa shape index (κ2) is 5.26. The van der Waals surface area contributed by atoms with Crippen molar-refractivity contribution in [2.24, 2.45) is 11.3 Å². The molecule has 3 N–H and O–H groups in total. The lowest BCUT2D eigenvalue weighted by Crippen LogP contribution is -2.58. The van der Waals surface area contributed by atoms with Crippen molar-refractivity contribution in [1.29, 1.82) is 0 Å². The monoisotopic (exact) mass is 282 g/mol. The van der Waals surface area contributed by atoms with Crippen LogP contribution in [0.2, 0.25) is 0 Å². The lowest BCUT2D eigenvalue weighted by atomic mass is 9.75. The van der Waals surface area contributed by atoms with Gasteiger partial charge in [0.15, 0.2) is 0 Å². The predicted molar refractivity (Wildman–Crippen MR) is 76.5 cm³/mol. The maximum atomic E-state index is 12.1. The first-order valence-corrected chi connectivity index (χ1v) is 7.55. The molecule has 2 aliphatic carbocycles. The van der Waals surface area contributed by atoms with Crippen LogP contribution in [0, 0.1) is 11.3 Å². The van der Waals surface area contributed by atoms with Crippen LogP contribution in [-0.2, 0) is 4.79 Å². The Balaban J connectivity index is 1.90. The molecule has 0 aliphatic heterocycles. The van der Waals surface area contributed by atoms with Crippen molar-refractivity contribution in [3.8, 4) is 0 Å². The van der Waals surface area contributed by atoms with E-state index < -0.39 is 11.5 Å². The van der Waals surface area contributed by atoms with Crippen LogP contribution >= 0.6 is 0 Å². The summed E-state index contributed by atoms with van der Waals surface area (Å²) < 4.78 is 0. The van der Waals surface area contributed by atoms with Gasteiger partial charge in [-0.25, -0.2) is 9.59 Å². The molecule has 0 spiro atoms. The van der Waals surface area contributed by atoms with E-state index in [-0.39, 0.29) is 23.4 Å². The highest BCUT2D eigenvalue weighted by Gasteiger charge is 2.48. The Hall–Kier alpha value is -1.26. The number of aliphatic carboxylic acids is 1. The zero-order chi connectivity index (χ0) is 15.0. The van der Waals surface area contributed by atoms with Crippen LogP contribution in [0.1, 0.15) is 59.3 Å². The molecule has 2 atom stereocenters. The Labute approximate surface area is 120 Å². The highest BCUT2D eigenvalue weighted by molar-refractivity contribution is 5.86. The van der Waals surface area contributed by atoms with Gasteiger partial charge in [-0.05, 0) is 50.4 Å². The molecule has 0 saturated heterocycles. The highest BCUT2D eigenvalue weighted by atomic mass is 16.4. The minimum atomic E-state index is -1.13. The van der Waals surface area contributed by atoms with Crippen LogP contribution in [-0.4, -0.2) is 28.7 Å². The molecule has 5 nitrogen and oxygen atoms in total. The average Bonchev–Trinajstić information content (AvgIpc) is 3.10. The molecule has 0 heterocycles. The predicted octanol–water partition coefficient (Wildman–Crippen LogP) is 2.51. The molecule has 0 aromatic heterocycles. The number of hydrogen-bond acceptors (Lipinski definition) is 2. The van der Waals surface area contributed by atoms with Crippen molar-refractivity contribution in [2.75, 3.05) is 0 Å². The number of carbonyl (C=O) groups excluding carboxylic acids is 1. The molecule has 2 amide bonds. The third-order valence-electron chi connectivity index (χ3n) is 4.75. The third kappa shape index (κ3) is 3.44. The van der Waals surface area contributed by atoms with Crippen LogP contribution in [0.25, 0.3) is 0 Å². The summed E-state index contributed by atoms with van der Waals surface area (Å²) in [4.78, 5) is 23.5. The number of carboxylic acids is 1. The van der Waals surface area contributed by atoms with Crippen LogP contribution < -0.4 is 10.6 Å². The van der Waals surface area contributed by atoms with Crippen molar-refractivity contribution < 1.29 is 14.7 Å². The van der Waals surface area contributed by atoms with E-state index in [2.05, 4.69) is 24.5 Å². The van der Waals surface area contributed by atoms with Crippen LogP contribution in [0.5, 0.6) is 0 Å². The van der Waals surface area contributed by atoms with Crippen molar-refractivity contribution in [2.45, 2.75) is 70.9 Å². The Morgan fingerprint density at radius 3 is 2.40 bits per heavy atom. The summed E-state index contributed by atoms with van der Waals surface area (Å²) in [5, 5.41) is 15.0. The fourth-order valence-corrected chi connectivity index (χ4v) is 3.27. The first-order valence-electron chi connectivity index (χ1n) is 7.55. The van der Waals surface area contributed by atoms with Gasteiger partial charge in [-0.2, -0.15) is 0 Å². The van der Waals surface area contributed by atoms with E-state index in [1.165, 1.54) is 6.42 Å². The van der Waals surface area contributed by atoms with E-state index in [9.17, 15) is 14.7 Å². The van der Waals surface area contributed by atoms with Crippen molar-refractivity contribution in [3.05, 3.63) is 0 Å². The van der Waals surface area contributed by atoms with Gasteiger partial charge in [0.1, 0.15) is 5.54 Å². The summed E-state index contributed by atoms with van der Waals surface area (Å²) >= 11 is 0. The lowest BCUT2D eigenvalue weighted by molar-refractivity contribution is -0.144. The largest absolute Gasteiger partial charge is 0.480 e. The molecule has 2 saturated carbocycles. The van der Waals surface area contributed by atoms with Crippen molar-refractivity contribution in [1.82, 2.24) is 10.6 Å². The highest BCUT2D eigenvalue weighted by Crippen LogP contribution is 2.40. The summed E-state index contributed by atoms with van der Waals surface area (Å²) in [5.41, 5.74) is -0.878. The van der Waals surface area contributed by atoms with Gasteiger partial charge in [0.25, 0.3) is 0 Å². The maximum Gasteiger partial charge on any atom is 0.329 e. The zero-order valence-electron chi connectivity index (χ0n) is 12.7. The average molecular weight is 282 g/mol. The quantitative estimate of drug-likeness (QED) is 0.741. The van der Waals surface area contributed by atoms with Gasteiger partial charge in [0.05, 0.1) is 0 Å². The molecule has 2 unspecified atom stereocenters. The number of carboxylic acid groups (broad SMARTS) is 1. The summed E-state index contributed by atoms with van der Waals surface area (Å²) in [6, 6.07) is -0.194. The first-order chi connectivity index (χ1) is 9.23. The minimum Gasteiger partial charge on any atom is -0.480 e. The lowest BCUT2D eigenvalue weighted by Gasteiger charge is -2.36. The molecule has 114 valence electrons. The molecule has 0 radical (unpaired) electrons. The zero-order valence-corrected chi connectivity index (χ0v) is 12.7. The summed E-state index contributed by atoms with van der Waals surface area (Å²) in [5.74, 6) is -0.882. The smallest absolute Gasteiger partial charge is 0.329 e. The number of amides is 2. The molecule has 0 aromatic rings. The molecule has 20 heavy (non-hydrogen) atoms. The first kappa shape index (κ1) is 15.1. The van der Waals surface area contributed by atoms with Crippen LogP contribution in [0.3, 0.4) is 0 Å². The number of hydrogen-bond donors (Lipinski definition) is 3. The molecule has 2 fully saturated rings. The van der Waals surface area contributed by atoms with Gasteiger partial charge in [-0.3, -0.25) is 0 Å². The summed E-state index contributed by atoms with van der Waals surface area (Å²) in [7, 11) is 0. The fourth-order valence-electron chi connectivity index (χ4n) is 3.27. The Kier molecular flexibility index (Phi) is 3.98. The van der Waals surface area contributed by atoms with E-state index in [1.807, 2.05) is 0 Å². The second-order valence-electron chi connectivity index (χ2n) is 7.34. The topological polar surface area (TPSA) is 78.4 Å². The molecule has 2 aliphatic rings. The third-order valence-corrected chi connectivity index (χ3v) is 4.75. The number of urea groups is 1. The Bertz CT molecular complexity index is 404. The van der Waals surface area contributed by atoms with Crippen LogP contribution in [0.4, 0.5) is 4.79 Å². The van der Waals surface area contributed by atoms with Crippen LogP contribution in [0.15, 0.2) is 0 Å². The van der Waals surface area contributed by atoms with Gasteiger partial charge in [-0.1, -0.05) is 20.3 Å². The van der Waals surface area contributed by atoms with Gasteiger partial charge >= 0.3 is 12.0 Å². The van der Waals surface area contributed by atoms with Gasteiger partial charge in [0.2, 0.25) is 0 Å². The van der Waals surface area contributed by atoms with E-state index in [0.29, 0.717) is 0 Å².